The summed E-state index contributed by atoms with van der Waals surface area (Å²) in [5.74, 6) is -0.371. The number of cyclic esters (lactones) is 1. The summed E-state index contributed by atoms with van der Waals surface area (Å²) >= 11 is 0. The van der Waals surface area contributed by atoms with Crippen molar-refractivity contribution in [2.24, 2.45) is 0 Å². The highest BCUT2D eigenvalue weighted by Crippen LogP contribution is 2.21. The molecule has 2 saturated heterocycles. The number of benzene rings is 2. The van der Waals surface area contributed by atoms with Crippen LogP contribution in [0.3, 0.4) is 0 Å². The molecule has 31 heavy (non-hydrogen) atoms. The number of nitrogens with zero attached hydrogens (tertiary/aromatic N) is 2. The fourth-order valence-electron chi connectivity index (χ4n) is 3.47. The fraction of sp³-hybridized carbons (Fsp3) is 0.333. The van der Waals surface area contributed by atoms with Gasteiger partial charge in [0.15, 0.2) is 0 Å². The molecule has 0 unspecified atom stereocenters. The average molecular weight is 445 g/mol. The number of para-hydroxylation sites is 1. The van der Waals surface area contributed by atoms with Gasteiger partial charge in [-0.1, -0.05) is 18.2 Å². The minimum absolute atomic E-state index is 0.133. The Bertz CT molecular complexity index is 1040. The van der Waals surface area contributed by atoms with E-state index < -0.39 is 22.2 Å². The van der Waals surface area contributed by atoms with Gasteiger partial charge in [0.2, 0.25) is 10.0 Å². The van der Waals surface area contributed by atoms with Gasteiger partial charge in [0.1, 0.15) is 6.10 Å². The predicted octanol–water partition coefficient (Wildman–Crippen LogP) is 1.46. The normalized spacial score (nSPS) is 19.8. The Kier molecular flexibility index (Phi) is 6.21. The molecule has 2 aliphatic rings. The lowest BCUT2D eigenvalue weighted by Gasteiger charge is -2.26. The molecule has 2 fully saturated rings. The molecule has 0 aromatic heterocycles. The summed E-state index contributed by atoms with van der Waals surface area (Å²) in [6, 6.07) is 14.9. The van der Waals surface area contributed by atoms with Crippen LogP contribution in [0.4, 0.5) is 10.5 Å². The number of sulfonamides is 1. The number of amides is 2. The summed E-state index contributed by atoms with van der Waals surface area (Å²) in [7, 11) is -3.61. The van der Waals surface area contributed by atoms with Crippen LogP contribution in [0.5, 0.6) is 0 Å². The van der Waals surface area contributed by atoms with Gasteiger partial charge >= 0.3 is 6.09 Å². The molecule has 10 heteroatoms. The van der Waals surface area contributed by atoms with E-state index in [0.717, 1.165) is 5.69 Å². The first-order valence-corrected chi connectivity index (χ1v) is 11.4. The molecule has 2 amide bonds. The largest absolute Gasteiger partial charge is 0.442 e. The molecule has 0 aliphatic carbocycles. The van der Waals surface area contributed by atoms with E-state index in [4.69, 9.17) is 9.47 Å². The second-order valence-corrected chi connectivity index (χ2v) is 9.14. The number of anilines is 1. The Morgan fingerprint density at radius 3 is 2.39 bits per heavy atom. The molecule has 1 N–H and O–H groups in total. The van der Waals surface area contributed by atoms with Crippen LogP contribution < -0.4 is 10.2 Å². The number of carbonyl (C=O) groups is 2. The maximum absolute atomic E-state index is 12.7. The third-order valence-corrected chi connectivity index (χ3v) is 7.07. The maximum atomic E-state index is 12.7. The highest BCUT2D eigenvalue weighted by Gasteiger charge is 2.32. The highest BCUT2D eigenvalue weighted by atomic mass is 32.2. The number of hydrogen-bond acceptors (Lipinski definition) is 6. The van der Waals surface area contributed by atoms with E-state index in [0.29, 0.717) is 38.4 Å². The lowest BCUT2D eigenvalue weighted by Crippen LogP contribution is -2.40. The van der Waals surface area contributed by atoms with E-state index >= 15 is 0 Å². The molecule has 2 aromatic rings. The van der Waals surface area contributed by atoms with Crippen molar-refractivity contribution in [3.05, 3.63) is 60.2 Å². The molecule has 0 radical (unpaired) electrons. The minimum atomic E-state index is -3.61. The van der Waals surface area contributed by atoms with Crippen LogP contribution in [0, 0.1) is 0 Å². The third kappa shape index (κ3) is 4.71. The Morgan fingerprint density at radius 2 is 1.71 bits per heavy atom. The zero-order valence-electron chi connectivity index (χ0n) is 16.8. The van der Waals surface area contributed by atoms with Gasteiger partial charge in [-0.2, -0.15) is 4.31 Å². The van der Waals surface area contributed by atoms with Gasteiger partial charge in [-0.05, 0) is 36.4 Å². The SMILES string of the molecule is O=C(NC[C@H]1CN(c2ccccc2)C(=O)O1)c1ccc(S(=O)(=O)N2CCOCC2)cc1. The molecular weight excluding hydrogens is 422 g/mol. The third-order valence-electron chi connectivity index (χ3n) is 5.16. The topological polar surface area (TPSA) is 105 Å². The molecule has 4 rings (SSSR count). The molecule has 9 nitrogen and oxygen atoms in total. The summed E-state index contributed by atoms with van der Waals surface area (Å²) in [6.07, 6.45) is -0.930. The highest BCUT2D eigenvalue weighted by molar-refractivity contribution is 7.89. The summed E-state index contributed by atoms with van der Waals surface area (Å²) in [5, 5.41) is 2.74. The quantitative estimate of drug-likeness (QED) is 0.722. The molecule has 2 aromatic carbocycles. The van der Waals surface area contributed by atoms with Crippen LogP contribution in [-0.4, -0.2) is 70.2 Å². The Balaban J connectivity index is 1.34. The van der Waals surface area contributed by atoms with Gasteiger partial charge in [-0.25, -0.2) is 13.2 Å². The van der Waals surface area contributed by atoms with Crippen molar-refractivity contribution in [3.8, 4) is 0 Å². The smallest absolute Gasteiger partial charge is 0.414 e. The van der Waals surface area contributed by atoms with Crippen molar-refractivity contribution >= 4 is 27.7 Å². The first-order valence-electron chi connectivity index (χ1n) is 9.94. The number of nitrogens with one attached hydrogen (secondary N) is 1. The minimum Gasteiger partial charge on any atom is -0.442 e. The molecule has 164 valence electrons. The zero-order valence-corrected chi connectivity index (χ0v) is 17.6. The molecular formula is C21H23N3O6S. The number of carbonyl (C=O) groups excluding carboxylic acids is 2. The number of morpholine rings is 1. The number of rotatable bonds is 6. The summed E-state index contributed by atoms with van der Waals surface area (Å²) in [5.41, 5.74) is 1.06. The van der Waals surface area contributed by atoms with Crippen molar-refractivity contribution in [3.63, 3.8) is 0 Å². The standard InChI is InChI=1S/C21H23N3O6S/c25-20(22-14-18-15-24(21(26)30-18)17-4-2-1-3-5-17)16-6-8-19(9-7-16)31(27,28)23-10-12-29-13-11-23/h1-9,18H,10-15H2,(H,22,25)/t18-/m0/s1. The van der Waals surface area contributed by atoms with E-state index in [-0.39, 0.29) is 17.3 Å². The van der Waals surface area contributed by atoms with Gasteiger partial charge in [0.25, 0.3) is 5.91 Å². The molecule has 2 heterocycles. The average Bonchev–Trinajstić information content (AvgIpc) is 3.19. The van der Waals surface area contributed by atoms with Crippen molar-refractivity contribution in [1.82, 2.24) is 9.62 Å². The summed E-state index contributed by atoms with van der Waals surface area (Å²) in [4.78, 5) is 26.2. The molecule has 2 aliphatic heterocycles. The van der Waals surface area contributed by atoms with Crippen LogP contribution in [0.1, 0.15) is 10.4 Å². The lowest BCUT2D eigenvalue weighted by molar-refractivity contribution is 0.0730. The van der Waals surface area contributed by atoms with Crippen molar-refractivity contribution in [2.75, 3.05) is 44.3 Å². The van der Waals surface area contributed by atoms with E-state index in [1.165, 1.54) is 33.5 Å². The van der Waals surface area contributed by atoms with E-state index in [1.807, 2.05) is 30.3 Å². The van der Waals surface area contributed by atoms with E-state index in [9.17, 15) is 18.0 Å². The van der Waals surface area contributed by atoms with Crippen LogP contribution in [0.15, 0.2) is 59.5 Å². The van der Waals surface area contributed by atoms with Crippen LogP contribution in [0.2, 0.25) is 0 Å². The van der Waals surface area contributed by atoms with Crippen LogP contribution >= 0.6 is 0 Å². The fourth-order valence-corrected chi connectivity index (χ4v) is 4.88. The summed E-state index contributed by atoms with van der Waals surface area (Å²) in [6.45, 7) is 1.84. The van der Waals surface area contributed by atoms with Crippen molar-refractivity contribution in [2.45, 2.75) is 11.0 Å². The molecule has 0 bridgehead atoms. The Hall–Kier alpha value is -2.95. The maximum Gasteiger partial charge on any atom is 0.414 e. The molecule has 0 spiro atoms. The van der Waals surface area contributed by atoms with Gasteiger partial charge in [0.05, 0.1) is 31.2 Å². The second kappa shape index (κ2) is 9.04. The zero-order chi connectivity index (χ0) is 21.8. The predicted molar refractivity (Wildman–Crippen MR) is 112 cm³/mol. The Labute approximate surface area is 180 Å². The second-order valence-electron chi connectivity index (χ2n) is 7.20. The lowest BCUT2D eigenvalue weighted by atomic mass is 10.2. The van der Waals surface area contributed by atoms with E-state index in [2.05, 4.69) is 5.32 Å². The summed E-state index contributed by atoms with van der Waals surface area (Å²) < 4.78 is 37.2. The van der Waals surface area contributed by atoms with Gasteiger partial charge < -0.3 is 14.8 Å². The molecule has 1 atom stereocenters. The van der Waals surface area contributed by atoms with Crippen LogP contribution in [0.25, 0.3) is 0 Å². The van der Waals surface area contributed by atoms with Crippen LogP contribution in [-0.2, 0) is 19.5 Å². The number of hydrogen-bond donors (Lipinski definition) is 1. The van der Waals surface area contributed by atoms with Gasteiger partial charge in [-0.15, -0.1) is 0 Å². The van der Waals surface area contributed by atoms with Crippen molar-refractivity contribution in [1.29, 1.82) is 0 Å². The van der Waals surface area contributed by atoms with Crippen molar-refractivity contribution < 1.29 is 27.5 Å². The number of ether oxygens (including phenoxy) is 2. The van der Waals surface area contributed by atoms with Gasteiger partial charge in [0, 0.05) is 24.3 Å². The molecule has 0 saturated carbocycles. The van der Waals surface area contributed by atoms with E-state index in [1.54, 1.807) is 0 Å². The first-order chi connectivity index (χ1) is 14.9. The van der Waals surface area contributed by atoms with Gasteiger partial charge in [-0.3, -0.25) is 9.69 Å². The first kappa shape index (κ1) is 21.3. The Morgan fingerprint density at radius 1 is 1.03 bits per heavy atom. The monoisotopic (exact) mass is 445 g/mol.